The molecule has 2 unspecified atom stereocenters. The Morgan fingerprint density at radius 3 is 2.25 bits per heavy atom. The summed E-state index contributed by atoms with van der Waals surface area (Å²) in [4.78, 5) is 13.0. The molecular formula is C23H19N3O2. The van der Waals surface area contributed by atoms with E-state index >= 15 is 0 Å². The Morgan fingerprint density at radius 2 is 1.71 bits per heavy atom. The molecule has 138 valence electrons. The van der Waals surface area contributed by atoms with E-state index in [1.165, 1.54) is 0 Å². The molecule has 2 aromatic rings. The van der Waals surface area contributed by atoms with E-state index in [1.54, 1.807) is 13.0 Å². The van der Waals surface area contributed by atoms with Gasteiger partial charge in [0.2, 0.25) is 5.41 Å². The normalized spacial score (nSPS) is 21.2. The first-order valence-electron chi connectivity index (χ1n) is 8.91. The van der Waals surface area contributed by atoms with Gasteiger partial charge in [0.25, 0.3) is 0 Å². The van der Waals surface area contributed by atoms with Crippen LogP contribution in [0.3, 0.4) is 0 Å². The lowest BCUT2D eigenvalue weighted by Crippen LogP contribution is -2.44. The number of rotatable bonds is 4. The molecule has 0 heterocycles. The lowest BCUT2D eigenvalue weighted by Gasteiger charge is -2.36. The fourth-order valence-electron chi connectivity index (χ4n) is 3.53. The summed E-state index contributed by atoms with van der Waals surface area (Å²) in [5.74, 6) is -1.44. The van der Waals surface area contributed by atoms with Gasteiger partial charge in [0.1, 0.15) is 6.07 Å². The second-order valence-electron chi connectivity index (χ2n) is 6.38. The maximum Gasteiger partial charge on any atom is 0.333 e. The van der Waals surface area contributed by atoms with Crippen LogP contribution in [0.25, 0.3) is 5.57 Å². The molecule has 0 spiro atoms. The highest BCUT2D eigenvalue weighted by molar-refractivity contribution is 5.94. The van der Waals surface area contributed by atoms with E-state index in [-0.39, 0.29) is 17.9 Å². The second-order valence-corrected chi connectivity index (χ2v) is 6.38. The predicted octanol–water partition coefficient (Wildman–Crippen LogP) is 3.68. The number of hydrogen-bond acceptors (Lipinski definition) is 5. The molecule has 0 radical (unpaired) electrons. The Balaban J connectivity index is 2.32. The lowest BCUT2D eigenvalue weighted by molar-refractivity contribution is -0.150. The van der Waals surface area contributed by atoms with E-state index < -0.39 is 17.3 Å². The van der Waals surface area contributed by atoms with Gasteiger partial charge in [-0.15, -0.1) is 0 Å². The molecular weight excluding hydrogens is 350 g/mol. The van der Waals surface area contributed by atoms with E-state index in [0.29, 0.717) is 5.57 Å². The molecule has 3 rings (SSSR count). The number of ether oxygens (including phenoxy) is 1. The fraction of sp³-hybridized carbons (Fsp3) is 0.174. The summed E-state index contributed by atoms with van der Waals surface area (Å²) in [5.41, 5.74) is 6.73. The van der Waals surface area contributed by atoms with E-state index in [0.717, 1.165) is 11.1 Å². The molecule has 5 heteroatoms. The Bertz CT molecular complexity index is 1030. The topological polar surface area (TPSA) is 99.9 Å². The standard InChI is InChI=1S/C23H19N3O2/c1-2-28-22(27)23(15-25)20(17-11-7-4-8-12-17)13-18(19(14-24)21(23)26)16-9-5-3-6-10-16/h3-13,20H,2,26H2,1H3. The molecule has 2 N–H and O–H groups in total. The van der Waals surface area contributed by atoms with Crippen LogP contribution < -0.4 is 5.73 Å². The van der Waals surface area contributed by atoms with Crippen molar-refractivity contribution >= 4 is 11.5 Å². The molecule has 0 fully saturated rings. The minimum atomic E-state index is -1.80. The average Bonchev–Trinajstić information content (AvgIpc) is 2.74. The zero-order valence-electron chi connectivity index (χ0n) is 15.4. The number of nitriles is 2. The molecule has 0 bridgehead atoms. The van der Waals surface area contributed by atoms with Crippen LogP contribution in [-0.2, 0) is 9.53 Å². The van der Waals surface area contributed by atoms with E-state index in [1.807, 2.05) is 60.7 Å². The van der Waals surface area contributed by atoms with Crippen molar-refractivity contribution in [1.29, 1.82) is 10.5 Å². The monoisotopic (exact) mass is 369 g/mol. The quantitative estimate of drug-likeness (QED) is 0.829. The van der Waals surface area contributed by atoms with Gasteiger partial charge in [-0.05, 0) is 23.6 Å². The lowest BCUT2D eigenvalue weighted by atomic mass is 9.65. The van der Waals surface area contributed by atoms with Crippen molar-refractivity contribution < 1.29 is 9.53 Å². The Labute approximate surface area is 164 Å². The van der Waals surface area contributed by atoms with Crippen molar-refractivity contribution in [1.82, 2.24) is 0 Å². The van der Waals surface area contributed by atoms with Crippen LogP contribution in [0.15, 0.2) is 78.0 Å². The third-order valence-electron chi connectivity index (χ3n) is 4.89. The number of allylic oxidation sites excluding steroid dienone is 3. The van der Waals surface area contributed by atoms with Crippen LogP contribution in [0.2, 0.25) is 0 Å². The molecule has 5 nitrogen and oxygen atoms in total. The first kappa shape index (κ1) is 18.9. The summed E-state index contributed by atoms with van der Waals surface area (Å²) in [6.45, 7) is 1.77. The van der Waals surface area contributed by atoms with Crippen molar-refractivity contribution in [3.63, 3.8) is 0 Å². The van der Waals surface area contributed by atoms with Gasteiger partial charge >= 0.3 is 5.97 Å². The van der Waals surface area contributed by atoms with E-state index in [9.17, 15) is 15.3 Å². The Hall–Kier alpha value is -3.83. The largest absolute Gasteiger partial charge is 0.464 e. The number of esters is 1. The molecule has 0 aromatic heterocycles. The number of carbonyl (C=O) groups excluding carboxylic acids is 1. The molecule has 0 amide bonds. The maximum atomic E-state index is 13.0. The molecule has 0 aliphatic heterocycles. The van der Waals surface area contributed by atoms with E-state index in [4.69, 9.17) is 10.5 Å². The first-order chi connectivity index (χ1) is 13.6. The van der Waals surface area contributed by atoms with Crippen LogP contribution >= 0.6 is 0 Å². The van der Waals surface area contributed by atoms with Crippen molar-refractivity contribution in [2.75, 3.05) is 6.61 Å². The molecule has 2 atom stereocenters. The number of hydrogen-bond donors (Lipinski definition) is 1. The summed E-state index contributed by atoms with van der Waals surface area (Å²) in [6.07, 6.45) is 1.78. The van der Waals surface area contributed by atoms with Gasteiger partial charge in [-0.3, -0.25) is 0 Å². The zero-order valence-corrected chi connectivity index (χ0v) is 15.4. The van der Waals surface area contributed by atoms with Crippen LogP contribution in [0.5, 0.6) is 0 Å². The van der Waals surface area contributed by atoms with Crippen molar-refractivity contribution in [3.8, 4) is 12.1 Å². The zero-order chi connectivity index (χ0) is 20.1. The summed E-state index contributed by atoms with van der Waals surface area (Å²) in [7, 11) is 0. The summed E-state index contributed by atoms with van der Waals surface area (Å²) in [5, 5.41) is 19.9. The van der Waals surface area contributed by atoms with Crippen LogP contribution in [0.1, 0.15) is 24.0 Å². The Kier molecular flexibility index (Phi) is 5.29. The van der Waals surface area contributed by atoms with Crippen LogP contribution in [0, 0.1) is 28.1 Å². The van der Waals surface area contributed by atoms with Gasteiger partial charge in [0.15, 0.2) is 0 Å². The average molecular weight is 369 g/mol. The number of carbonyl (C=O) groups is 1. The van der Waals surface area contributed by atoms with Crippen LogP contribution in [-0.4, -0.2) is 12.6 Å². The number of benzene rings is 2. The highest BCUT2D eigenvalue weighted by atomic mass is 16.5. The van der Waals surface area contributed by atoms with Crippen LogP contribution in [0.4, 0.5) is 0 Å². The smallest absolute Gasteiger partial charge is 0.333 e. The minimum absolute atomic E-state index is 0.0776. The number of nitrogens with zero attached hydrogens (tertiary/aromatic N) is 2. The highest BCUT2D eigenvalue weighted by Gasteiger charge is 2.53. The molecule has 28 heavy (non-hydrogen) atoms. The van der Waals surface area contributed by atoms with Gasteiger partial charge in [0.05, 0.1) is 23.9 Å². The van der Waals surface area contributed by atoms with Crippen molar-refractivity contribution in [2.24, 2.45) is 11.1 Å². The highest BCUT2D eigenvalue weighted by Crippen LogP contribution is 2.49. The SMILES string of the molecule is CCOC(=O)C1(C#N)C(N)=C(C#N)C(c2ccccc2)=CC1c1ccccc1. The summed E-state index contributed by atoms with van der Waals surface area (Å²) in [6, 6.07) is 22.7. The third kappa shape index (κ3) is 2.94. The molecule has 0 saturated carbocycles. The predicted molar refractivity (Wildman–Crippen MR) is 105 cm³/mol. The summed E-state index contributed by atoms with van der Waals surface area (Å²) < 4.78 is 5.22. The van der Waals surface area contributed by atoms with Gasteiger partial charge in [0, 0.05) is 5.92 Å². The molecule has 2 aromatic carbocycles. The Morgan fingerprint density at radius 1 is 1.11 bits per heavy atom. The molecule has 1 aliphatic rings. The van der Waals surface area contributed by atoms with E-state index in [2.05, 4.69) is 12.1 Å². The molecule has 0 saturated heterocycles. The summed E-state index contributed by atoms with van der Waals surface area (Å²) >= 11 is 0. The van der Waals surface area contributed by atoms with Gasteiger partial charge in [-0.1, -0.05) is 66.7 Å². The van der Waals surface area contributed by atoms with Gasteiger partial charge in [-0.2, -0.15) is 10.5 Å². The van der Waals surface area contributed by atoms with Gasteiger partial charge in [-0.25, -0.2) is 4.79 Å². The maximum absolute atomic E-state index is 13.0. The number of nitrogens with two attached hydrogens (primary N) is 1. The van der Waals surface area contributed by atoms with Gasteiger partial charge < -0.3 is 10.5 Å². The van der Waals surface area contributed by atoms with Crippen molar-refractivity contribution in [2.45, 2.75) is 12.8 Å². The first-order valence-corrected chi connectivity index (χ1v) is 8.91. The minimum Gasteiger partial charge on any atom is -0.464 e. The third-order valence-corrected chi connectivity index (χ3v) is 4.89. The second kappa shape index (κ2) is 7.82. The fourth-order valence-corrected chi connectivity index (χ4v) is 3.53. The molecule has 1 aliphatic carbocycles. The van der Waals surface area contributed by atoms with Crippen molar-refractivity contribution in [3.05, 3.63) is 89.1 Å².